The Labute approximate surface area is 138 Å². The molecule has 1 unspecified atom stereocenters. The molecule has 1 atom stereocenters. The second-order valence-corrected chi connectivity index (χ2v) is 7.11. The summed E-state index contributed by atoms with van der Waals surface area (Å²) in [5, 5.41) is 4.19. The van der Waals surface area contributed by atoms with Gasteiger partial charge in [-0.3, -0.25) is 4.79 Å². The molecular formula is C17H17ClN2OS. The first-order valence-corrected chi connectivity index (χ1v) is 8.33. The van der Waals surface area contributed by atoms with E-state index < -0.39 is 0 Å². The smallest absolute Gasteiger partial charge is 0.240 e. The van der Waals surface area contributed by atoms with Crippen molar-refractivity contribution in [3.05, 3.63) is 57.4 Å². The van der Waals surface area contributed by atoms with Crippen LogP contribution in [-0.2, 0) is 11.3 Å². The van der Waals surface area contributed by atoms with Crippen LogP contribution in [0.3, 0.4) is 0 Å². The van der Waals surface area contributed by atoms with Gasteiger partial charge in [0.25, 0.3) is 0 Å². The quantitative estimate of drug-likeness (QED) is 0.747. The van der Waals surface area contributed by atoms with Crippen LogP contribution in [0, 0.1) is 6.92 Å². The number of hydrogen-bond acceptors (Lipinski definition) is 2. The number of hydrogen-bond donors (Lipinski definition) is 1. The van der Waals surface area contributed by atoms with Gasteiger partial charge < -0.3 is 9.88 Å². The third-order valence-corrected chi connectivity index (χ3v) is 5.13. The third-order valence-electron chi connectivity index (χ3n) is 3.72. The molecule has 2 heterocycles. The van der Waals surface area contributed by atoms with Crippen molar-refractivity contribution < 1.29 is 4.79 Å². The normalized spacial score (nSPS) is 12.5. The predicted octanol–water partition coefficient (Wildman–Crippen LogP) is 4.54. The Balaban J connectivity index is 1.74. The van der Waals surface area contributed by atoms with E-state index in [1.54, 1.807) is 0 Å². The molecule has 0 aliphatic heterocycles. The fourth-order valence-electron chi connectivity index (χ4n) is 2.62. The summed E-state index contributed by atoms with van der Waals surface area (Å²) in [4.78, 5) is 13.4. The molecule has 0 saturated heterocycles. The number of aryl methyl sites for hydroxylation is 1. The molecule has 3 aromatic rings. The van der Waals surface area contributed by atoms with E-state index in [4.69, 9.17) is 11.6 Å². The van der Waals surface area contributed by atoms with E-state index in [0.717, 1.165) is 25.8 Å². The summed E-state index contributed by atoms with van der Waals surface area (Å²) in [6.45, 7) is 4.32. The van der Waals surface area contributed by atoms with Gasteiger partial charge >= 0.3 is 0 Å². The van der Waals surface area contributed by atoms with Gasteiger partial charge in [0.1, 0.15) is 6.54 Å². The fourth-order valence-corrected chi connectivity index (χ4v) is 3.68. The minimum absolute atomic E-state index is 0.00137. The van der Waals surface area contributed by atoms with E-state index in [9.17, 15) is 4.79 Å². The van der Waals surface area contributed by atoms with Crippen LogP contribution >= 0.6 is 22.9 Å². The Morgan fingerprint density at radius 3 is 2.82 bits per heavy atom. The van der Waals surface area contributed by atoms with Gasteiger partial charge in [0.2, 0.25) is 5.91 Å². The topological polar surface area (TPSA) is 34.0 Å². The van der Waals surface area contributed by atoms with E-state index in [0.29, 0.717) is 6.54 Å². The van der Waals surface area contributed by atoms with E-state index in [1.165, 1.54) is 11.3 Å². The van der Waals surface area contributed by atoms with Crippen molar-refractivity contribution in [2.45, 2.75) is 26.4 Å². The Kier molecular flexibility index (Phi) is 4.23. The highest BCUT2D eigenvalue weighted by Crippen LogP contribution is 2.26. The van der Waals surface area contributed by atoms with Gasteiger partial charge in [-0.25, -0.2) is 0 Å². The Morgan fingerprint density at radius 1 is 1.32 bits per heavy atom. The van der Waals surface area contributed by atoms with E-state index in [-0.39, 0.29) is 11.9 Å². The molecule has 22 heavy (non-hydrogen) atoms. The molecule has 5 heteroatoms. The number of nitrogens with zero attached hydrogens (tertiary/aromatic N) is 1. The Morgan fingerprint density at radius 2 is 2.09 bits per heavy atom. The lowest BCUT2D eigenvalue weighted by atomic mass is 10.2. The number of rotatable bonds is 4. The summed E-state index contributed by atoms with van der Waals surface area (Å²) in [6, 6.07) is 14.0. The van der Waals surface area contributed by atoms with Crippen LogP contribution in [0.25, 0.3) is 10.9 Å². The average molecular weight is 333 g/mol. The van der Waals surface area contributed by atoms with Crippen molar-refractivity contribution >= 4 is 39.7 Å². The number of carbonyl (C=O) groups is 1. The van der Waals surface area contributed by atoms with E-state index in [1.807, 2.05) is 48.7 Å². The average Bonchev–Trinajstić information content (AvgIpc) is 3.04. The fraction of sp³-hybridized carbons (Fsp3) is 0.235. The summed E-state index contributed by atoms with van der Waals surface area (Å²) in [7, 11) is 0. The minimum Gasteiger partial charge on any atom is -0.347 e. The van der Waals surface area contributed by atoms with Crippen molar-refractivity contribution in [3.8, 4) is 0 Å². The van der Waals surface area contributed by atoms with Crippen LogP contribution < -0.4 is 5.32 Å². The van der Waals surface area contributed by atoms with Gasteiger partial charge in [0.15, 0.2) is 0 Å². The summed E-state index contributed by atoms with van der Waals surface area (Å²) >= 11 is 7.44. The van der Waals surface area contributed by atoms with Crippen LogP contribution in [0.5, 0.6) is 0 Å². The van der Waals surface area contributed by atoms with Crippen LogP contribution in [0.2, 0.25) is 4.34 Å². The van der Waals surface area contributed by atoms with Gasteiger partial charge in [-0.1, -0.05) is 29.8 Å². The molecule has 0 bridgehead atoms. The molecule has 1 aromatic carbocycles. The standard InChI is InChI=1S/C17H17ClN2OS/c1-11-9-13-5-3-4-6-14(13)20(11)10-17(21)19-12(2)15-7-8-16(18)22-15/h3-9,12H,10H2,1-2H3,(H,19,21). The molecule has 0 spiro atoms. The highest BCUT2D eigenvalue weighted by atomic mass is 35.5. The molecule has 3 nitrogen and oxygen atoms in total. The van der Waals surface area contributed by atoms with Crippen LogP contribution in [0.4, 0.5) is 0 Å². The molecular weight excluding hydrogens is 316 g/mol. The minimum atomic E-state index is -0.0351. The van der Waals surface area contributed by atoms with Gasteiger partial charge in [-0.2, -0.15) is 0 Å². The van der Waals surface area contributed by atoms with E-state index >= 15 is 0 Å². The van der Waals surface area contributed by atoms with Crippen molar-refractivity contribution in [3.63, 3.8) is 0 Å². The zero-order valence-corrected chi connectivity index (χ0v) is 14.0. The zero-order valence-electron chi connectivity index (χ0n) is 12.5. The lowest BCUT2D eigenvalue weighted by Crippen LogP contribution is -2.29. The molecule has 2 aromatic heterocycles. The molecule has 0 aliphatic rings. The van der Waals surface area contributed by atoms with Crippen molar-refractivity contribution in [1.29, 1.82) is 0 Å². The summed E-state index contributed by atoms with van der Waals surface area (Å²) in [5.74, 6) is 0.00137. The molecule has 0 aliphatic carbocycles. The summed E-state index contributed by atoms with van der Waals surface area (Å²) in [6.07, 6.45) is 0. The Hall–Kier alpha value is -1.78. The van der Waals surface area contributed by atoms with Gasteiger partial charge in [0, 0.05) is 16.1 Å². The summed E-state index contributed by atoms with van der Waals surface area (Å²) in [5.41, 5.74) is 2.17. The number of benzene rings is 1. The number of aromatic nitrogens is 1. The molecule has 1 N–H and O–H groups in total. The maximum Gasteiger partial charge on any atom is 0.240 e. The lowest BCUT2D eigenvalue weighted by Gasteiger charge is -2.14. The van der Waals surface area contributed by atoms with Gasteiger partial charge in [0.05, 0.1) is 10.4 Å². The number of para-hydroxylation sites is 1. The predicted molar refractivity (Wildman–Crippen MR) is 92.6 cm³/mol. The molecule has 0 radical (unpaired) electrons. The number of carbonyl (C=O) groups excluding carboxylic acids is 1. The van der Waals surface area contributed by atoms with Crippen LogP contribution in [-0.4, -0.2) is 10.5 Å². The SMILES string of the molecule is Cc1cc2ccccc2n1CC(=O)NC(C)c1ccc(Cl)s1. The Bertz CT molecular complexity index is 821. The highest BCUT2D eigenvalue weighted by molar-refractivity contribution is 7.16. The lowest BCUT2D eigenvalue weighted by molar-refractivity contribution is -0.122. The third kappa shape index (κ3) is 3.03. The van der Waals surface area contributed by atoms with Gasteiger partial charge in [-0.15, -0.1) is 11.3 Å². The highest BCUT2D eigenvalue weighted by Gasteiger charge is 2.14. The monoisotopic (exact) mass is 332 g/mol. The number of nitrogens with one attached hydrogen (secondary N) is 1. The molecule has 0 saturated carbocycles. The van der Waals surface area contributed by atoms with Crippen LogP contribution in [0.1, 0.15) is 23.5 Å². The maximum atomic E-state index is 12.3. The number of thiophene rings is 1. The second-order valence-electron chi connectivity index (χ2n) is 5.36. The number of amides is 1. The largest absolute Gasteiger partial charge is 0.347 e. The number of halogens is 1. The first kappa shape index (κ1) is 15.1. The zero-order chi connectivity index (χ0) is 15.7. The summed E-state index contributed by atoms with van der Waals surface area (Å²) < 4.78 is 2.78. The van der Waals surface area contributed by atoms with Crippen LogP contribution in [0.15, 0.2) is 42.5 Å². The van der Waals surface area contributed by atoms with Crippen molar-refractivity contribution in [2.24, 2.45) is 0 Å². The first-order chi connectivity index (χ1) is 10.5. The molecule has 3 rings (SSSR count). The van der Waals surface area contributed by atoms with Crippen molar-refractivity contribution in [2.75, 3.05) is 0 Å². The molecule has 1 amide bonds. The van der Waals surface area contributed by atoms with Gasteiger partial charge in [-0.05, 0) is 43.5 Å². The van der Waals surface area contributed by atoms with E-state index in [2.05, 4.69) is 17.4 Å². The molecule has 0 fully saturated rings. The second kappa shape index (κ2) is 6.15. The molecule has 114 valence electrons. The maximum absolute atomic E-state index is 12.3. The number of fused-ring (bicyclic) bond motifs is 1. The first-order valence-electron chi connectivity index (χ1n) is 7.14. The van der Waals surface area contributed by atoms with Crippen molar-refractivity contribution in [1.82, 2.24) is 9.88 Å².